The number of hydrogen-bond acceptors (Lipinski definition) is 2. The summed E-state index contributed by atoms with van der Waals surface area (Å²) < 4.78 is 9.96. The lowest BCUT2D eigenvalue weighted by molar-refractivity contribution is 0.442. The van der Waals surface area contributed by atoms with Crippen LogP contribution in [0.5, 0.6) is 0 Å². The molecule has 3 heteroatoms. The predicted octanol–water partition coefficient (Wildman–Crippen LogP) is 17.2. The Labute approximate surface area is 396 Å². The summed E-state index contributed by atoms with van der Waals surface area (Å²) in [6.45, 7) is 4.50. The number of nitrogens with zero attached hydrogens (tertiary/aromatic N) is 2. The van der Waals surface area contributed by atoms with Gasteiger partial charge in [-0.05, 0) is 130 Å². The Morgan fingerprint density at radius 1 is 0.618 bits per heavy atom. The van der Waals surface area contributed by atoms with Gasteiger partial charge in [-0.2, -0.15) is 0 Å². The second-order valence-electron chi connectivity index (χ2n) is 20.2. The summed E-state index contributed by atoms with van der Waals surface area (Å²) in [5, 5.41) is 7.55. The van der Waals surface area contributed by atoms with Crippen LogP contribution in [0.15, 0.2) is 203 Å². The van der Waals surface area contributed by atoms with E-state index >= 15 is 0 Å². The molecular formula is C65H50N2O. The van der Waals surface area contributed by atoms with E-state index < -0.39 is 5.41 Å². The minimum absolute atomic E-state index is 0.0833. The average molecular weight is 875 g/mol. The minimum atomic E-state index is -0.623. The molecule has 1 fully saturated rings. The van der Waals surface area contributed by atoms with Crippen LogP contribution in [-0.2, 0) is 5.41 Å². The van der Waals surface area contributed by atoms with Crippen molar-refractivity contribution in [1.82, 2.24) is 4.57 Å². The van der Waals surface area contributed by atoms with Crippen LogP contribution in [0.25, 0.3) is 65.8 Å². The van der Waals surface area contributed by atoms with Gasteiger partial charge in [0.1, 0.15) is 5.58 Å². The lowest BCUT2D eigenvalue weighted by atomic mass is 9.63. The standard InChI is InChI=1S/C65H50N2O/c1-39-33-36-55(40(2)37-39)66(58-32-16-27-50-49-26-14-24-44(63(49)68-64(50)58)41-17-4-3-5-18-41)59-38-54-61(47-23-9-8-21-45(47)59)60-43-20-7-6-19-42(43)34-35-52(60)65(54)51-28-11-13-31-57(51)67-56-30-12-10-22-46(56)48-25-15-29-53(65)62(48)67/h6-16,19-20,22-38,41,45H,3-5,17-18,21H2,1-2H3. The summed E-state index contributed by atoms with van der Waals surface area (Å²) in [7, 11) is 0. The Hall–Kier alpha value is -7.62. The fraction of sp³-hybridized carbons (Fsp3) is 0.169. The molecule has 3 nitrogen and oxygen atoms in total. The lowest BCUT2D eigenvalue weighted by Gasteiger charge is -2.43. The number of benzene rings is 8. The Morgan fingerprint density at radius 3 is 2.26 bits per heavy atom. The number of para-hydroxylation sites is 5. The van der Waals surface area contributed by atoms with Gasteiger partial charge >= 0.3 is 0 Å². The fourth-order valence-electron chi connectivity index (χ4n) is 13.9. The van der Waals surface area contributed by atoms with E-state index in [0.717, 1.165) is 23.3 Å². The predicted molar refractivity (Wildman–Crippen MR) is 283 cm³/mol. The van der Waals surface area contributed by atoms with Gasteiger partial charge in [0.25, 0.3) is 0 Å². The third-order valence-corrected chi connectivity index (χ3v) is 16.7. The van der Waals surface area contributed by atoms with Crippen molar-refractivity contribution in [3.8, 4) is 5.69 Å². The van der Waals surface area contributed by atoms with Crippen LogP contribution in [-0.4, -0.2) is 4.57 Å². The third kappa shape index (κ3) is 4.98. The van der Waals surface area contributed by atoms with E-state index in [2.05, 4.69) is 205 Å². The first-order chi connectivity index (χ1) is 33.6. The van der Waals surface area contributed by atoms with Crippen molar-refractivity contribution in [2.24, 2.45) is 5.92 Å². The number of anilines is 2. The molecule has 0 N–H and O–H groups in total. The maximum atomic E-state index is 7.40. The van der Waals surface area contributed by atoms with Crippen molar-refractivity contribution < 1.29 is 4.42 Å². The highest BCUT2D eigenvalue weighted by Gasteiger charge is 2.55. The molecule has 4 aliphatic carbocycles. The van der Waals surface area contributed by atoms with E-state index in [4.69, 9.17) is 4.42 Å². The second-order valence-corrected chi connectivity index (χ2v) is 20.2. The molecule has 8 aromatic carbocycles. The zero-order valence-electron chi connectivity index (χ0n) is 38.5. The quantitative estimate of drug-likeness (QED) is 0.176. The van der Waals surface area contributed by atoms with E-state index in [9.17, 15) is 0 Å². The van der Waals surface area contributed by atoms with Gasteiger partial charge in [-0.15, -0.1) is 0 Å². The molecule has 1 saturated carbocycles. The van der Waals surface area contributed by atoms with Crippen LogP contribution in [0.2, 0.25) is 0 Å². The van der Waals surface area contributed by atoms with Crippen LogP contribution in [0.3, 0.4) is 0 Å². The van der Waals surface area contributed by atoms with Gasteiger partial charge in [0.15, 0.2) is 5.58 Å². The van der Waals surface area contributed by atoms with Crippen molar-refractivity contribution in [3.05, 3.63) is 238 Å². The van der Waals surface area contributed by atoms with Crippen molar-refractivity contribution in [2.45, 2.75) is 63.7 Å². The Morgan fingerprint density at radius 2 is 1.37 bits per heavy atom. The van der Waals surface area contributed by atoms with Crippen molar-refractivity contribution >= 4 is 71.5 Å². The van der Waals surface area contributed by atoms with Crippen LogP contribution in [0, 0.1) is 19.8 Å². The molecule has 3 heterocycles. The number of allylic oxidation sites excluding steroid dienone is 7. The van der Waals surface area contributed by atoms with E-state index in [1.807, 2.05) is 0 Å². The smallest absolute Gasteiger partial charge is 0.159 e. The summed E-state index contributed by atoms with van der Waals surface area (Å²) in [6, 6.07) is 60.1. The zero-order valence-corrected chi connectivity index (χ0v) is 38.5. The van der Waals surface area contributed by atoms with Gasteiger partial charge in [0.2, 0.25) is 0 Å². The highest BCUT2D eigenvalue weighted by Crippen LogP contribution is 2.65. The van der Waals surface area contributed by atoms with Gasteiger partial charge in [0.05, 0.1) is 27.8 Å². The van der Waals surface area contributed by atoms with Gasteiger partial charge in [-0.3, -0.25) is 0 Å². The fourth-order valence-corrected chi connectivity index (χ4v) is 13.9. The molecule has 68 heavy (non-hydrogen) atoms. The Bertz CT molecular complexity index is 3970. The molecule has 0 saturated heterocycles. The monoisotopic (exact) mass is 874 g/mol. The molecule has 2 unspecified atom stereocenters. The summed E-state index contributed by atoms with van der Waals surface area (Å²) in [5.74, 6) is 0.609. The van der Waals surface area contributed by atoms with Crippen LogP contribution in [0.1, 0.15) is 83.4 Å². The summed E-state index contributed by atoms with van der Waals surface area (Å²) in [4.78, 5) is 2.61. The van der Waals surface area contributed by atoms with E-state index in [1.54, 1.807) is 0 Å². The van der Waals surface area contributed by atoms with Gasteiger partial charge < -0.3 is 13.9 Å². The molecule has 0 bridgehead atoms. The molecule has 0 amide bonds. The van der Waals surface area contributed by atoms with Crippen molar-refractivity contribution in [2.75, 3.05) is 4.90 Å². The molecular weight excluding hydrogens is 825 g/mol. The minimum Gasteiger partial charge on any atom is -0.454 e. The Kier molecular flexibility index (Phi) is 8.04. The summed E-state index contributed by atoms with van der Waals surface area (Å²) in [6.07, 6.45) is 17.1. The van der Waals surface area contributed by atoms with Gasteiger partial charge in [0, 0.05) is 38.8 Å². The first-order valence-electron chi connectivity index (χ1n) is 24.9. The second kappa shape index (κ2) is 14.2. The molecule has 15 rings (SSSR count). The van der Waals surface area contributed by atoms with Gasteiger partial charge in [-0.25, -0.2) is 0 Å². The summed E-state index contributed by atoms with van der Waals surface area (Å²) in [5.41, 5.74) is 22.1. The number of aryl methyl sites for hydroxylation is 2. The first-order valence-corrected chi connectivity index (χ1v) is 24.9. The highest BCUT2D eigenvalue weighted by molar-refractivity contribution is 6.15. The van der Waals surface area contributed by atoms with Crippen LogP contribution >= 0.6 is 0 Å². The normalized spacial score (nSPS) is 19.5. The molecule has 1 aliphatic heterocycles. The zero-order chi connectivity index (χ0) is 44.8. The molecule has 2 atom stereocenters. The first kappa shape index (κ1) is 38.5. The molecule has 10 aromatic rings. The van der Waals surface area contributed by atoms with Crippen LogP contribution < -0.4 is 4.90 Å². The average Bonchev–Trinajstić information content (AvgIpc) is 4.04. The molecule has 5 aliphatic rings. The molecule has 1 spiro atoms. The topological polar surface area (TPSA) is 21.3 Å². The Balaban J connectivity index is 1.08. The third-order valence-electron chi connectivity index (χ3n) is 16.7. The molecule has 2 aromatic heterocycles. The summed E-state index contributed by atoms with van der Waals surface area (Å²) >= 11 is 0. The molecule has 0 radical (unpaired) electrons. The van der Waals surface area contributed by atoms with E-state index in [0.29, 0.717) is 5.92 Å². The highest BCUT2D eigenvalue weighted by atomic mass is 16.3. The van der Waals surface area contributed by atoms with E-state index in [1.165, 1.54) is 148 Å². The van der Waals surface area contributed by atoms with Gasteiger partial charge in [-0.1, -0.05) is 177 Å². The molecule has 326 valence electrons. The number of fused-ring (bicyclic) bond motifs is 18. The van der Waals surface area contributed by atoms with Crippen LogP contribution in [0.4, 0.5) is 11.4 Å². The van der Waals surface area contributed by atoms with E-state index in [-0.39, 0.29) is 5.92 Å². The number of aromatic nitrogens is 1. The van der Waals surface area contributed by atoms with Crippen molar-refractivity contribution in [3.63, 3.8) is 0 Å². The largest absolute Gasteiger partial charge is 0.454 e. The number of hydrogen-bond donors (Lipinski definition) is 0. The number of rotatable bonds is 4. The number of furan rings is 1. The SMILES string of the molecule is Cc1ccc(N(C2=CC3=C(C4=CC=CCC42)c2c(ccc4ccccc24)C32c3ccccc3-n3c4ccccc4c4cccc2c43)c2cccc3c2oc2c(C4CCCCC4)cccc23)c(C)c1. The maximum absolute atomic E-state index is 7.40. The lowest BCUT2D eigenvalue weighted by Crippen LogP contribution is -2.36. The van der Waals surface area contributed by atoms with Crippen molar-refractivity contribution in [1.29, 1.82) is 0 Å². The maximum Gasteiger partial charge on any atom is 0.159 e.